The van der Waals surface area contributed by atoms with Gasteiger partial charge < -0.3 is 15.5 Å². The Morgan fingerprint density at radius 3 is 2.64 bits per heavy atom. The second-order valence-corrected chi connectivity index (χ2v) is 11.1. The van der Waals surface area contributed by atoms with E-state index in [2.05, 4.69) is 37.5 Å². The summed E-state index contributed by atoms with van der Waals surface area (Å²) in [5.41, 5.74) is 0.714. The van der Waals surface area contributed by atoms with Gasteiger partial charge in [-0.25, -0.2) is 28.1 Å². The van der Waals surface area contributed by atoms with Crippen LogP contribution in [0.15, 0.2) is 30.6 Å². The van der Waals surface area contributed by atoms with Gasteiger partial charge in [0.2, 0.25) is 11.9 Å². The molecule has 1 amide bonds. The Labute approximate surface area is 210 Å². The number of hydrogen-bond donors (Lipinski definition) is 2. The normalized spacial score (nSPS) is 21.1. The molecule has 2 fully saturated rings. The van der Waals surface area contributed by atoms with E-state index < -0.39 is 17.2 Å². The molecule has 6 rings (SSSR count). The number of likely N-dealkylation sites (tertiary alicyclic amines) is 1. The molecule has 3 aromatic rings. The third kappa shape index (κ3) is 4.13. The molecule has 0 radical (unpaired) electrons. The summed E-state index contributed by atoms with van der Waals surface area (Å²) in [6.07, 6.45) is 4.44. The van der Waals surface area contributed by atoms with Crippen molar-refractivity contribution in [2.24, 2.45) is 0 Å². The van der Waals surface area contributed by atoms with Gasteiger partial charge in [-0.05, 0) is 56.6 Å². The first-order valence-electron chi connectivity index (χ1n) is 12.0. The highest BCUT2D eigenvalue weighted by Gasteiger charge is 2.60. The summed E-state index contributed by atoms with van der Waals surface area (Å²) in [4.78, 5) is 28.6. The van der Waals surface area contributed by atoms with Crippen LogP contribution < -0.4 is 10.6 Å². The minimum Gasteiger partial charge on any atom is -0.351 e. The monoisotopic (exact) mass is 514 g/mol. The highest BCUT2D eigenvalue weighted by atomic mass is 32.1. The van der Waals surface area contributed by atoms with E-state index in [1.807, 2.05) is 18.3 Å². The lowest BCUT2D eigenvalue weighted by Crippen LogP contribution is -2.58. The summed E-state index contributed by atoms with van der Waals surface area (Å²) in [5, 5.41) is 5.72. The fourth-order valence-corrected chi connectivity index (χ4v) is 6.83. The SMILES string of the molecule is CN1CCC(c2ccc(Nc3ncc(F)c(-c4cc5c(s4)C4(CNC5=O)CC(F)(F)C4)n3)nc2)CC1. The van der Waals surface area contributed by atoms with E-state index in [1.54, 1.807) is 0 Å². The molecule has 5 heterocycles. The van der Waals surface area contributed by atoms with Crippen molar-refractivity contribution in [2.75, 3.05) is 32.0 Å². The molecule has 3 aromatic heterocycles. The number of nitrogens with one attached hydrogen (secondary N) is 2. The van der Waals surface area contributed by atoms with Gasteiger partial charge in [-0.15, -0.1) is 11.3 Å². The Morgan fingerprint density at radius 1 is 1.17 bits per heavy atom. The molecule has 11 heteroatoms. The van der Waals surface area contributed by atoms with Crippen molar-refractivity contribution < 1.29 is 18.0 Å². The number of halogens is 3. The van der Waals surface area contributed by atoms with Crippen LogP contribution in [0.5, 0.6) is 0 Å². The van der Waals surface area contributed by atoms with Gasteiger partial charge in [-0.1, -0.05) is 6.07 Å². The Bertz CT molecular complexity index is 1310. The maximum atomic E-state index is 14.8. The zero-order valence-electron chi connectivity index (χ0n) is 19.7. The first-order chi connectivity index (χ1) is 17.2. The summed E-state index contributed by atoms with van der Waals surface area (Å²) in [5.74, 6) is -2.57. The summed E-state index contributed by atoms with van der Waals surface area (Å²) < 4.78 is 42.3. The van der Waals surface area contributed by atoms with Crippen molar-refractivity contribution in [3.05, 3.63) is 52.4 Å². The second kappa shape index (κ2) is 8.52. The number of amides is 1. The van der Waals surface area contributed by atoms with Crippen LogP contribution in [-0.2, 0) is 5.41 Å². The van der Waals surface area contributed by atoms with Crippen molar-refractivity contribution in [1.29, 1.82) is 0 Å². The molecule has 1 saturated heterocycles. The van der Waals surface area contributed by atoms with Gasteiger partial charge >= 0.3 is 0 Å². The van der Waals surface area contributed by atoms with Crippen molar-refractivity contribution in [2.45, 2.75) is 42.9 Å². The fraction of sp³-hybridized carbons (Fsp3) is 0.440. The quantitative estimate of drug-likeness (QED) is 0.525. The highest BCUT2D eigenvalue weighted by Crippen LogP contribution is 2.57. The molecule has 3 aliphatic rings. The van der Waals surface area contributed by atoms with Crippen molar-refractivity contribution in [1.82, 2.24) is 25.2 Å². The molecule has 0 bridgehead atoms. The Morgan fingerprint density at radius 2 is 1.94 bits per heavy atom. The zero-order chi connectivity index (χ0) is 25.1. The van der Waals surface area contributed by atoms with E-state index in [0.29, 0.717) is 27.1 Å². The van der Waals surface area contributed by atoms with Crippen LogP contribution in [0.2, 0.25) is 0 Å². The maximum Gasteiger partial charge on any atom is 0.252 e. The van der Waals surface area contributed by atoms with E-state index in [9.17, 15) is 18.0 Å². The Kier molecular flexibility index (Phi) is 5.52. The average Bonchev–Trinajstić information content (AvgIpc) is 3.30. The third-order valence-electron chi connectivity index (χ3n) is 7.43. The Balaban J connectivity index is 1.24. The minimum atomic E-state index is -2.75. The molecule has 1 aliphatic carbocycles. The first-order valence-corrected chi connectivity index (χ1v) is 12.8. The molecule has 1 spiro atoms. The number of nitrogens with zero attached hydrogens (tertiary/aromatic N) is 4. The van der Waals surface area contributed by atoms with Gasteiger partial charge in [0.1, 0.15) is 11.5 Å². The molecule has 188 valence electrons. The second-order valence-electron chi connectivity index (χ2n) is 10.1. The number of fused-ring (bicyclic) bond motifs is 2. The van der Waals surface area contributed by atoms with Crippen molar-refractivity contribution in [3.63, 3.8) is 0 Å². The molecule has 0 atom stereocenters. The number of piperidine rings is 1. The van der Waals surface area contributed by atoms with Gasteiger partial charge in [-0.2, -0.15) is 0 Å². The van der Waals surface area contributed by atoms with E-state index in [4.69, 9.17) is 0 Å². The molecular formula is C25H25F3N6OS. The summed E-state index contributed by atoms with van der Waals surface area (Å²) in [6, 6.07) is 5.43. The van der Waals surface area contributed by atoms with Crippen LogP contribution in [0.4, 0.5) is 24.9 Å². The van der Waals surface area contributed by atoms with Gasteiger partial charge in [0.05, 0.1) is 16.6 Å². The topological polar surface area (TPSA) is 83.0 Å². The first kappa shape index (κ1) is 23.4. The van der Waals surface area contributed by atoms with Crippen molar-refractivity contribution in [3.8, 4) is 10.6 Å². The number of carbonyl (C=O) groups is 1. The summed E-state index contributed by atoms with van der Waals surface area (Å²) in [6.45, 7) is 2.29. The van der Waals surface area contributed by atoms with E-state index in [-0.39, 0.29) is 36.9 Å². The summed E-state index contributed by atoms with van der Waals surface area (Å²) in [7, 11) is 2.13. The smallest absolute Gasteiger partial charge is 0.252 e. The van der Waals surface area contributed by atoms with E-state index >= 15 is 0 Å². The highest BCUT2D eigenvalue weighted by molar-refractivity contribution is 7.16. The molecule has 1 saturated carbocycles. The predicted octanol–water partition coefficient (Wildman–Crippen LogP) is 4.70. The van der Waals surface area contributed by atoms with Crippen LogP contribution in [-0.4, -0.2) is 58.4 Å². The maximum absolute atomic E-state index is 14.8. The molecule has 36 heavy (non-hydrogen) atoms. The number of pyridine rings is 1. The average molecular weight is 515 g/mol. The minimum absolute atomic E-state index is 0.0175. The number of alkyl halides is 2. The molecule has 2 aliphatic heterocycles. The van der Waals surface area contributed by atoms with E-state index in [1.165, 1.54) is 11.6 Å². The molecule has 0 unspecified atom stereocenters. The third-order valence-corrected chi connectivity index (χ3v) is 8.82. The van der Waals surface area contributed by atoms with Gasteiger partial charge in [0.15, 0.2) is 5.82 Å². The van der Waals surface area contributed by atoms with Crippen LogP contribution in [0.3, 0.4) is 0 Å². The fourth-order valence-electron chi connectivity index (χ4n) is 5.50. The van der Waals surface area contributed by atoms with Gasteiger partial charge in [-0.3, -0.25) is 4.79 Å². The Hall–Kier alpha value is -3.05. The molecule has 2 N–H and O–H groups in total. The lowest BCUT2D eigenvalue weighted by Gasteiger charge is -2.49. The van der Waals surface area contributed by atoms with Crippen LogP contribution in [0, 0.1) is 5.82 Å². The van der Waals surface area contributed by atoms with Crippen molar-refractivity contribution >= 4 is 29.0 Å². The predicted molar refractivity (Wildman–Crippen MR) is 130 cm³/mol. The summed E-state index contributed by atoms with van der Waals surface area (Å²) >= 11 is 1.15. The largest absolute Gasteiger partial charge is 0.351 e. The molecule has 0 aromatic carbocycles. The van der Waals surface area contributed by atoms with E-state index in [0.717, 1.165) is 43.5 Å². The number of hydrogen-bond acceptors (Lipinski definition) is 7. The van der Waals surface area contributed by atoms with Crippen LogP contribution in [0.25, 0.3) is 10.6 Å². The number of anilines is 2. The van der Waals surface area contributed by atoms with Gasteiger partial charge in [0, 0.05) is 35.9 Å². The van der Waals surface area contributed by atoms with Gasteiger partial charge in [0.25, 0.3) is 5.91 Å². The number of aromatic nitrogens is 3. The number of carbonyl (C=O) groups excluding carboxylic acids is 1. The standard InChI is InChI=1S/C25H25F3N6OS/c1-34-6-4-14(5-7-34)15-2-3-19(29-9-15)32-23-30-10-17(26)20(33-23)18-8-16-21(36-18)24(13-31-22(16)35)11-25(27,28)12-24/h2-3,8-10,14H,4-7,11-13H2,1H3,(H,31,35)(H,29,30,32,33). The van der Waals surface area contributed by atoms with Crippen LogP contribution in [0.1, 0.15) is 52.4 Å². The zero-order valence-corrected chi connectivity index (χ0v) is 20.5. The lowest BCUT2D eigenvalue weighted by molar-refractivity contribution is -0.125. The molecular weight excluding hydrogens is 489 g/mol. The lowest BCUT2D eigenvalue weighted by atomic mass is 9.63. The van der Waals surface area contributed by atoms with Crippen LogP contribution >= 0.6 is 11.3 Å². The molecule has 7 nitrogen and oxygen atoms in total. The number of rotatable bonds is 4. The number of thiophene rings is 1.